The molecule has 0 aromatic heterocycles. The maximum atomic E-state index is 3.80. The summed E-state index contributed by atoms with van der Waals surface area (Å²) in [7, 11) is -3.72. The van der Waals surface area contributed by atoms with Gasteiger partial charge in [0, 0.05) is 0 Å². The van der Waals surface area contributed by atoms with Crippen LogP contribution in [0.25, 0.3) is 0 Å². The molecule has 1 unspecified atom stereocenters. The molecule has 0 aromatic rings. The minimum absolute atomic E-state index is 0.151. The lowest BCUT2D eigenvalue weighted by Crippen LogP contribution is -2.55. The second-order valence-electron chi connectivity index (χ2n) is 7.75. The van der Waals surface area contributed by atoms with Crippen LogP contribution in [0.2, 0.25) is 58.9 Å². The van der Waals surface area contributed by atoms with Gasteiger partial charge in [0.05, 0.1) is 6.48 Å². The third kappa shape index (κ3) is 8.66. The van der Waals surface area contributed by atoms with Crippen LogP contribution in [-0.4, -0.2) is 34.5 Å². The summed E-state index contributed by atoms with van der Waals surface area (Å²) in [5.74, 6) is 1.22. The molecule has 0 saturated heterocycles. The van der Waals surface area contributed by atoms with Gasteiger partial charge in [-0.05, 0) is 17.3 Å². The molecular formula is C11H33N2PS2Si3. The highest BCUT2D eigenvalue weighted by Gasteiger charge is 2.40. The average Bonchev–Trinajstić information content (AvgIpc) is 2.08. The molecular weight excluding hydrogens is 340 g/mol. The van der Waals surface area contributed by atoms with E-state index in [-0.39, 0.29) is 6.48 Å². The first-order chi connectivity index (χ1) is 8.29. The van der Waals surface area contributed by atoms with Crippen LogP contribution in [0, 0.1) is 0 Å². The summed E-state index contributed by atoms with van der Waals surface area (Å²) in [5.41, 5.74) is 0. The van der Waals surface area contributed by atoms with Crippen LogP contribution in [0.15, 0.2) is 0 Å². The van der Waals surface area contributed by atoms with Crippen LogP contribution in [0.5, 0.6) is 0 Å². The molecule has 1 atom stereocenters. The molecule has 0 heterocycles. The van der Waals surface area contributed by atoms with Crippen molar-refractivity contribution < 1.29 is 0 Å². The molecule has 0 radical (unpaired) electrons. The highest BCUT2D eigenvalue weighted by Crippen LogP contribution is 2.65. The lowest BCUT2D eigenvalue weighted by Gasteiger charge is -2.47. The van der Waals surface area contributed by atoms with Crippen molar-refractivity contribution in [2.45, 2.75) is 65.8 Å². The van der Waals surface area contributed by atoms with Gasteiger partial charge in [0.1, 0.15) is 24.7 Å². The van der Waals surface area contributed by atoms with E-state index in [9.17, 15) is 0 Å². The van der Waals surface area contributed by atoms with E-state index < -0.39 is 24.7 Å². The van der Waals surface area contributed by atoms with E-state index in [0.29, 0.717) is 0 Å². The van der Waals surface area contributed by atoms with Crippen LogP contribution < -0.4 is 4.39 Å². The van der Waals surface area contributed by atoms with Gasteiger partial charge < -0.3 is 4.00 Å². The quantitative estimate of drug-likeness (QED) is 0.318. The Kier molecular flexibility index (Phi) is 8.51. The van der Waals surface area contributed by atoms with Gasteiger partial charge in [0.2, 0.25) is 0 Å². The Balaban J connectivity index is 5.08. The van der Waals surface area contributed by atoms with Crippen molar-refractivity contribution in [2.24, 2.45) is 0 Å². The minimum Gasteiger partial charge on any atom is -0.307 e. The van der Waals surface area contributed by atoms with Gasteiger partial charge in [0.25, 0.3) is 0 Å². The van der Waals surface area contributed by atoms with Crippen molar-refractivity contribution in [3.63, 3.8) is 0 Å². The van der Waals surface area contributed by atoms with Gasteiger partial charge in [-0.25, -0.2) is 0 Å². The lowest BCUT2D eigenvalue weighted by atomic mass is 11.0. The molecule has 0 spiro atoms. The fourth-order valence-electron chi connectivity index (χ4n) is 1.91. The van der Waals surface area contributed by atoms with Crippen LogP contribution in [0.1, 0.15) is 6.92 Å². The summed E-state index contributed by atoms with van der Waals surface area (Å²) >= 11 is 4.21. The molecule has 116 valence electrons. The normalized spacial score (nSPS) is 15.9. The van der Waals surface area contributed by atoms with Crippen LogP contribution >= 0.6 is 29.4 Å². The standard InChI is InChI=1S/C11H33N2PS2Si3/c1-11-15-14(16-12-17(2,3)4)13(18(5,6)7)19(8,9)10/h12H,11H2,1-10H3. The topological polar surface area (TPSA) is 15.3 Å². The first-order valence-corrected chi connectivity index (χ1v) is 21.7. The number of rotatable bonds is 8. The predicted molar refractivity (Wildman–Crippen MR) is 108 cm³/mol. The lowest BCUT2D eigenvalue weighted by molar-refractivity contribution is 0.994. The molecule has 0 aliphatic heterocycles. The van der Waals surface area contributed by atoms with Gasteiger partial charge in [-0.2, -0.15) is 0 Å². The second kappa shape index (κ2) is 7.81. The van der Waals surface area contributed by atoms with E-state index >= 15 is 0 Å². The van der Waals surface area contributed by atoms with Gasteiger partial charge in [-0.15, -0.1) is 11.4 Å². The molecule has 0 saturated carbocycles. The van der Waals surface area contributed by atoms with Gasteiger partial charge in [-0.1, -0.05) is 65.8 Å². The molecule has 19 heavy (non-hydrogen) atoms. The zero-order valence-electron chi connectivity index (χ0n) is 14.4. The van der Waals surface area contributed by atoms with E-state index in [4.69, 9.17) is 0 Å². The Labute approximate surface area is 134 Å². The molecule has 8 heteroatoms. The Morgan fingerprint density at radius 2 is 1.32 bits per heavy atom. The zero-order valence-corrected chi connectivity index (χ0v) is 19.9. The highest BCUT2D eigenvalue weighted by atomic mass is 33.1. The molecule has 0 aliphatic rings. The highest BCUT2D eigenvalue weighted by molar-refractivity contribution is 8.87. The molecule has 2 nitrogen and oxygen atoms in total. The Morgan fingerprint density at radius 3 is 1.58 bits per heavy atom. The fraction of sp³-hybridized carbons (Fsp3) is 1.00. The maximum absolute atomic E-state index is 3.80. The zero-order chi connectivity index (χ0) is 15.5. The third-order valence-corrected chi connectivity index (χ3v) is 24.3. The fourth-order valence-corrected chi connectivity index (χ4v) is 33.4. The predicted octanol–water partition coefficient (Wildman–Crippen LogP) is 6.01. The van der Waals surface area contributed by atoms with Crippen molar-refractivity contribution in [3.05, 3.63) is 0 Å². The summed E-state index contributed by atoms with van der Waals surface area (Å²) in [4.78, 5) is 0. The largest absolute Gasteiger partial charge is 0.307 e. The summed E-state index contributed by atoms with van der Waals surface area (Å²) in [6, 6.07) is 0. The van der Waals surface area contributed by atoms with Gasteiger partial charge in [0.15, 0.2) is 0 Å². The van der Waals surface area contributed by atoms with E-state index in [1.165, 1.54) is 5.75 Å². The summed E-state index contributed by atoms with van der Waals surface area (Å²) < 4.78 is 6.77. The van der Waals surface area contributed by atoms with Gasteiger partial charge in [-0.3, -0.25) is 4.39 Å². The molecule has 0 amide bonds. The number of hydrogen-bond donors (Lipinski definition) is 1. The maximum Gasteiger partial charge on any atom is 0.128 e. The van der Waals surface area contributed by atoms with E-state index in [2.05, 4.69) is 85.6 Å². The second-order valence-corrected chi connectivity index (χ2v) is 29.8. The van der Waals surface area contributed by atoms with Crippen LogP contribution in [0.4, 0.5) is 0 Å². The SMILES string of the molecule is CCSP(SN[Si](C)(C)C)N([Si](C)(C)C)[Si](C)(C)C. The average molecular weight is 373 g/mol. The van der Waals surface area contributed by atoms with E-state index in [0.717, 1.165) is 0 Å². The summed E-state index contributed by atoms with van der Waals surface area (Å²) in [6.45, 7) is 24.3. The minimum atomic E-state index is -1.26. The summed E-state index contributed by atoms with van der Waals surface area (Å²) in [5, 5.41) is 0. The Morgan fingerprint density at radius 1 is 0.895 bits per heavy atom. The van der Waals surface area contributed by atoms with E-state index in [1.54, 1.807) is 0 Å². The number of nitrogens with zero attached hydrogens (tertiary/aromatic N) is 1. The third-order valence-electron chi connectivity index (χ3n) is 2.10. The molecule has 0 aromatic carbocycles. The molecule has 0 rings (SSSR count). The van der Waals surface area contributed by atoms with E-state index in [1.807, 2.05) is 11.6 Å². The molecule has 1 N–H and O–H groups in total. The molecule has 0 fully saturated rings. The monoisotopic (exact) mass is 372 g/mol. The van der Waals surface area contributed by atoms with Crippen LogP contribution in [-0.2, 0) is 0 Å². The molecule has 0 aliphatic carbocycles. The van der Waals surface area contributed by atoms with Crippen LogP contribution in [0.3, 0.4) is 0 Å². The Hall–Kier alpha value is 1.70. The smallest absolute Gasteiger partial charge is 0.128 e. The van der Waals surface area contributed by atoms with Crippen molar-refractivity contribution >= 4 is 54.1 Å². The van der Waals surface area contributed by atoms with Crippen molar-refractivity contribution in [1.29, 1.82) is 0 Å². The van der Waals surface area contributed by atoms with Crippen molar-refractivity contribution in [2.75, 3.05) is 5.75 Å². The first-order valence-electron chi connectivity index (χ1n) is 6.96. The number of hydrogen-bond acceptors (Lipinski definition) is 4. The number of nitrogens with one attached hydrogen (secondary N) is 1. The first kappa shape index (κ1) is 20.7. The molecule has 0 bridgehead atoms. The Bertz CT molecular complexity index is 261. The van der Waals surface area contributed by atoms with Crippen molar-refractivity contribution in [3.8, 4) is 0 Å². The summed E-state index contributed by atoms with van der Waals surface area (Å²) in [6.07, 6.45) is 0. The van der Waals surface area contributed by atoms with Crippen molar-refractivity contribution in [1.82, 2.24) is 8.39 Å². The van der Waals surface area contributed by atoms with Gasteiger partial charge >= 0.3 is 0 Å².